The Hall–Kier alpha value is -2.13. The highest BCUT2D eigenvalue weighted by Gasteiger charge is 2.22. The summed E-state index contributed by atoms with van der Waals surface area (Å²) in [6.45, 7) is -15.7. The van der Waals surface area contributed by atoms with E-state index in [9.17, 15) is 0 Å². The van der Waals surface area contributed by atoms with Crippen molar-refractivity contribution in [1.29, 1.82) is 0 Å². The van der Waals surface area contributed by atoms with Gasteiger partial charge in [-0.2, -0.15) is 0 Å². The minimum Gasteiger partial charge on any atom is -0.344 e. The number of benzene rings is 1. The van der Waals surface area contributed by atoms with Gasteiger partial charge >= 0.3 is 0 Å². The standard InChI is InChI=1S/C21H25N3/c1-15-4-7-20-18(12-15)19-14-23(3)10-9-21(19)24(20)11-8-17-6-5-16(2)22-13-17/h4-7,12-13H,8-11,14H2,1-3H3/i2D3,3D3,4D,5D,6D,7D,9D2,10D2,11D2,12D,13D,14D2. The molecule has 0 unspecified atom stereocenters. The molecule has 4 rings (SSSR count). The van der Waals surface area contributed by atoms with Gasteiger partial charge in [0.15, 0.2) is 0 Å². The molecule has 2 aromatic heterocycles. The molecule has 0 amide bonds. The van der Waals surface area contributed by atoms with Gasteiger partial charge in [0.1, 0.15) is 0 Å². The van der Waals surface area contributed by atoms with E-state index in [1.807, 2.05) is 0 Å². The van der Waals surface area contributed by atoms with Crippen molar-refractivity contribution in [2.75, 3.05) is 13.5 Å². The Kier molecular flexibility index (Phi) is 1.19. The maximum atomic E-state index is 9.00. The summed E-state index contributed by atoms with van der Waals surface area (Å²) in [5.74, 6) is 0. The van der Waals surface area contributed by atoms with Crippen LogP contribution < -0.4 is 0 Å². The van der Waals surface area contributed by atoms with Crippen molar-refractivity contribution in [2.24, 2.45) is 0 Å². The van der Waals surface area contributed by atoms with Gasteiger partial charge in [-0.3, -0.25) is 4.98 Å². The molecule has 0 spiro atoms. The van der Waals surface area contributed by atoms with Crippen molar-refractivity contribution in [2.45, 2.75) is 39.6 Å². The van der Waals surface area contributed by atoms with Crippen molar-refractivity contribution in [3.8, 4) is 0 Å². The maximum absolute atomic E-state index is 9.00. The minimum atomic E-state index is -3.71. The van der Waals surface area contributed by atoms with Gasteiger partial charge < -0.3 is 9.47 Å². The van der Waals surface area contributed by atoms with Crippen LogP contribution in [0.15, 0.2) is 36.4 Å². The molecule has 1 aliphatic heterocycles. The lowest BCUT2D eigenvalue weighted by Gasteiger charge is -2.24. The van der Waals surface area contributed by atoms with E-state index < -0.39 is 116 Å². The van der Waals surface area contributed by atoms with Gasteiger partial charge in [-0.15, -0.1) is 0 Å². The third-order valence-electron chi connectivity index (χ3n) is 3.41. The summed E-state index contributed by atoms with van der Waals surface area (Å²) in [6.07, 6.45) is -5.63. The first kappa shape index (κ1) is 4.73. The lowest BCUT2D eigenvalue weighted by atomic mass is 10.0. The van der Waals surface area contributed by atoms with Crippen LogP contribution in [0.3, 0.4) is 0 Å². The molecule has 1 aromatic carbocycles. The van der Waals surface area contributed by atoms with Crippen LogP contribution in [0.5, 0.6) is 0 Å². The number of nitrogens with zero attached hydrogens (tertiary/aromatic N) is 3. The molecule has 3 nitrogen and oxygen atoms in total. The molecule has 3 heteroatoms. The highest BCUT2D eigenvalue weighted by molar-refractivity contribution is 5.86. The van der Waals surface area contributed by atoms with E-state index in [4.69, 9.17) is 27.4 Å². The second kappa shape index (κ2) is 6.06. The number of fused-ring (bicyclic) bond motifs is 3. The molecule has 0 atom stereocenters. The van der Waals surface area contributed by atoms with Gasteiger partial charge in [-0.05, 0) is 56.4 Å². The van der Waals surface area contributed by atoms with E-state index >= 15 is 0 Å². The van der Waals surface area contributed by atoms with Crippen LogP contribution in [0.4, 0.5) is 0 Å². The number of pyridine rings is 1. The number of aromatic nitrogens is 2. The molecule has 0 saturated carbocycles. The maximum Gasteiger partial charge on any atom is 0.0843 e. The van der Waals surface area contributed by atoms with Crippen molar-refractivity contribution >= 4 is 10.9 Å². The average molecular weight is 340 g/mol. The molecule has 0 bridgehead atoms. The number of hydrogen-bond donors (Lipinski definition) is 0. The highest BCUT2D eigenvalue weighted by atomic mass is 15.1. The van der Waals surface area contributed by atoms with Crippen LogP contribution in [0, 0.1) is 13.8 Å². The van der Waals surface area contributed by atoms with Crippen LogP contribution in [-0.4, -0.2) is 27.9 Å². The predicted octanol–water partition coefficient (Wildman–Crippen LogP) is 3.88. The van der Waals surface area contributed by atoms with Crippen molar-refractivity contribution in [3.63, 3.8) is 0 Å². The topological polar surface area (TPSA) is 21.1 Å². The summed E-state index contributed by atoms with van der Waals surface area (Å²) in [7, 11) is 0. The number of rotatable bonds is 3. The van der Waals surface area contributed by atoms with Crippen molar-refractivity contribution < 1.29 is 27.4 Å². The van der Waals surface area contributed by atoms with Crippen LogP contribution in [0.1, 0.15) is 55.5 Å². The monoisotopic (exact) mass is 339 g/mol. The van der Waals surface area contributed by atoms with E-state index in [1.165, 1.54) is 6.92 Å². The Balaban J connectivity index is 2.21. The fraction of sp³-hybridized carbons (Fsp3) is 0.381. The molecular formula is C21H25N3. The molecule has 3 aromatic rings. The smallest absolute Gasteiger partial charge is 0.0843 e. The molecular weight excluding hydrogens is 294 g/mol. The predicted molar refractivity (Wildman–Crippen MR) is 99.4 cm³/mol. The normalized spacial score (nSPS) is 35.0. The minimum absolute atomic E-state index is 0.210. The Bertz CT molecular complexity index is 1700. The van der Waals surface area contributed by atoms with Crippen LogP contribution in [-0.2, 0) is 25.8 Å². The van der Waals surface area contributed by atoms with Crippen molar-refractivity contribution in [1.82, 2.24) is 14.5 Å². The average Bonchev–Trinajstić information content (AvgIpc) is 3.23. The molecule has 124 valence electrons. The number of aryl methyl sites for hydroxylation is 2. The Morgan fingerprint density at radius 2 is 2.33 bits per heavy atom. The molecule has 0 fully saturated rings. The van der Waals surface area contributed by atoms with E-state index in [0.29, 0.717) is 4.57 Å². The quantitative estimate of drug-likeness (QED) is 0.722. The zero-order chi connectivity index (χ0) is 34.1. The molecule has 0 radical (unpaired) electrons. The summed E-state index contributed by atoms with van der Waals surface area (Å²) in [6, 6.07) is -3.98. The third-order valence-corrected chi connectivity index (χ3v) is 3.41. The van der Waals surface area contributed by atoms with Gasteiger partial charge in [0, 0.05) is 70.8 Å². The molecule has 0 saturated heterocycles. The van der Waals surface area contributed by atoms with Crippen LogP contribution >= 0.6 is 0 Å². The van der Waals surface area contributed by atoms with Gasteiger partial charge in [-0.25, -0.2) is 0 Å². The van der Waals surface area contributed by atoms with Gasteiger partial charge in [-0.1, -0.05) is 17.6 Å². The molecule has 0 N–H and O–H groups in total. The van der Waals surface area contributed by atoms with E-state index in [-0.39, 0.29) is 10.5 Å². The van der Waals surface area contributed by atoms with E-state index in [0.717, 1.165) is 0 Å². The zero-order valence-electron chi connectivity index (χ0n) is 32.5. The summed E-state index contributed by atoms with van der Waals surface area (Å²) in [5, 5.41) is -0.643. The summed E-state index contributed by atoms with van der Waals surface area (Å²) < 4.78 is 167. The van der Waals surface area contributed by atoms with E-state index in [2.05, 4.69) is 4.98 Å². The van der Waals surface area contributed by atoms with Gasteiger partial charge in [0.05, 0.1) is 11.0 Å². The van der Waals surface area contributed by atoms with E-state index in [1.54, 1.807) is 0 Å². The summed E-state index contributed by atoms with van der Waals surface area (Å²) in [5.41, 5.74) is -4.55. The van der Waals surface area contributed by atoms with Crippen LogP contribution in [0.2, 0.25) is 0 Å². The van der Waals surface area contributed by atoms with Gasteiger partial charge in [0.2, 0.25) is 0 Å². The summed E-state index contributed by atoms with van der Waals surface area (Å²) >= 11 is 0. The number of likely N-dealkylation sites (N-methyl/N-ethyl adjacent to an activating group) is 1. The molecule has 3 heterocycles. The second-order valence-corrected chi connectivity index (χ2v) is 5.10. The lowest BCUT2D eigenvalue weighted by Crippen LogP contribution is -2.27. The fourth-order valence-corrected chi connectivity index (χ4v) is 2.37. The molecule has 0 aliphatic carbocycles. The first-order chi connectivity index (χ1) is 19.6. The Morgan fingerprint density at radius 1 is 1.38 bits per heavy atom. The Labute approximate surface area is 172 Å². The summed E-state index contributed by atoms with van der Waals surface area (Å²) in [4.78, 5) is 3.21. The molecule has 24 heavy (non-hydrogen) atoms. The zero-order valence-corrected chi connectivity index (χ0v) is 12.5. The lowest BCUT2D eigenvalue weighted by molar-refractivity contribution is 0.309. The molecule has 1 aliphatic rings. The fourth-order valence-electron chi connectivity index (χ4n) is 2.37. The Morgan fingerprint density at radius 3 is 3.21 bits per heavy atom. The SMILES string of the molecule is [2H]c1nc(C([2H])([2H])[2H])c([2H])c([2H])c1CC([2H])([2H])n1c2c(c3c([2H])c(C)c([2H])c([2H])c31)C([2H])([2H])N(C([2H])([2H])[2H])C([2H])([2H])C2([2H])[2H]. The first-order valence-corrected chi connectivity index (χ1v) is 7.00. The number of hydrogen-bond acceptors (Lipinski definition) is 2. The largest absolute Gasteiger partial charge is 0.344 e. The first-order valence-electron chi connectivity index (χ1n) is 17.0. The van der Waals surface area contributed by atoms with Crippen LogP contribution in [0.25, 0.3) is 10.9 Å². The second-order valence-electron chi connectivity index (χ2n) is 5.10. The van der Waals surface area contributed by atoms with Gasteiger partial charge in [0.25, 0.3) is 0 Å². The third kappa shape index (κ3) is 2.73. The highest BCUT2D eigenvalue weighted by Crippen LogP contribution is 2.31. The van der Waals surface area contributed by atoms with Crippen molar-refractivity contribution in [3.05, 3.63) is 64.5 Å².